The van der Waals surface area contributed by atoms with E-state index in [1.165, 1.54) is 169 Å². The Morgan fingerprint density at radius 3 is 0.567 bits per heavy atom. The summed E-state index contributed by atoms with van der Waals surface area (Å²) in [6.45, 7) is 27.8. The van der Waals surface area contributed by atoms with Gasteiger partial charge in [-0.25, -0.2) is 0 Å². The van der Waals surface area contributed by atoms with Crippen molar-refractivity contribution in [3.05, 3.63) is 164 Å². The summed E-state index contributed by atoms with van der Waals surface area (Å²) >= 11 is 0. The fraction of sp³-hybridized carbons (Fsp3) is 0.571. The van der Waals surface area contributed by atoms with E-state index in [1.54, 1.807) is 0 Å². The Labute approximate surface area is 554 Å². The second kappa shape index (κ2) is 42.6. The topological polar surface area (TPSA) is 36.9 Å². The first-order valence-electron chi connectivity index (χ1n) is 37.3. The summed E-state index contributed by atoms with van der Waals surface area (Å²) < 4.78 is 30.2. The second-order valence-corrected chi connectivity index (χ2v) is 28.7. The highest BCUT2D eigenvalue weighted by atomic mass is 31.2. The van der Waals surface area contributed by atoms with E-state index in [2.05, 4.69) is 180 Å². The third-order valence-corrected chi connectivity index (χ3v) is 21.5. The van der Waals surface area contributed by atoms with Gasteiger partial charge in [-0.05, 0) is 281 Å². The van der Waals surface area contributed by atoms with E-state index >= 15 is 0 Å². The van der Waals surface area contributed by atoms with Crippen LogP contribution < -0.4 is 28.7 Å². The van der Waals surface area contributed by atoms with Crippen molar-refractivity contribution in [2.24, 2.45) is 0 Å². The van der Waals surface area contributed by atoms with Crippen LogP contribution in [0.25, 0.3) is 11.1 Å². The Balaban J connectivity index is 1.49. The van der Waals surface area contributed by atoms with Crippen LogP contribution in [0.2, 0.25) is 0 Å². The van der Waals surface area contributed by atoms with Gasteiger partial charge in [-0.1, -0.05) is 209 Å². The van der Waals surface area contributed by atoms with Crippen LogP contribution in [-0.2, 0) is 77.0 Å². The van der Waals surface area contributed by atoms with Gasteiger partial charge >= 0.3 is 16.8 Å². The van der Waals surface area contributed by atoms with E-state index in [4.69, 9.17) is 18.1 Å². The van der Waals surface area contributed by atoms with Gasteiger partial charge in [0.15, 0.2) is 0 Å². The van der Waals surface area contributed by atoms with Crippen LogP contribution in [0.15, 0.2) is 97.1 Å². The Bertz CT molecular complexity index is 2600. The highest BCUT2D eigenvalue weighted by Gasteiger charge is 2.28. The number of benzene rings is 6. The first kappa shape index (κ1) is 74.4. The predicted octanol–water partition coefficient (Wildman–Crippen LogP) is 25.7. The molecule has 0 aliphatic rings. The molecule has 0 radical (unpaired) electrons. The molecule has 0 heterocycles. The maximum Gasteiger partial charge on any atom is 0.326 e. The molecule has 0 fully saturated rings. The Hall–Kier alpha value is -4.62. The standard InChI is InChI=1S/C84H124O4P2/c1-13-25-37-67-53-61-81(77(45-33-21-9)73(67)41-29-17-5)85-89(86-82-62-54-68(38-26-14-2)74(42-30-18-6)78(82)46-34-22-10)71-57-49-65(50-58-71)66-51-59-72(60-52-66)90(87-83-63-55-69(39-27-15-3)75(43-31-19-7)79(83)47-35-23-11)88-84-64-56-70(40-28-16-4)76(44-32-20-8)80(84)48-36-24-12/h49-64H,13-48H2,1-12H3. The molecule has 0 unspecified atom stereocenters. The number of aryl methyl sites for hydroxylation is 4. The zero-order valence-corrected chi connectivity index (χ0v) is 61.0. The van der Waals surface area contributed by atoms with E-state index in [1.807, 2.05) is 0 Å². The van der Waals surface area contributed by atoms with Crippen LogP contribution in [0.5, 0.6) is 23.0 Å². The maximum absolute atomic E-state index is 7.55. The summed E-state index contributed by atoms with van der Waals surface area (Å²) in [5.74, 6) is 4.02. The smallest absolute Gasteiger partial charge is 0.326 e. The fourth-order valence-corrected chi connectivity index (χ4v) is 15.6. The average Bonchev–Trinajstić information content (AvgIpc) is 1.25. The van der Waals surface area contributed by atoms with Crippen molar-refractivity contribution in [1.29, 1.82) is 0 Å². The molecule has 6 heteroatoms. The largest absolute Gasteiger partial charge is 0.435 e. The molecule has 4 nitrogen and oxygen atoms in total. The molecule has 0 saturated carbocycles. The molecule has 0 aliphatic carbocycles. The summed E-state index contributed by atoms with van der Waals surface area (Å²) in [7, 11) is -3.15. The minimum absolute atomic E-state index is 1.01. The lowest BCUT2D eigenvalue weighted by molar-refractivity contribution is 0.490. The van der Waals surface area contributed by atoms with Gasteiger partial charge < -0.3 is 18.1 Å². The molecular formula is C84H124O4P2. The molecule has 494 valence electrons. The molecule has 0 saturated heterocycles. The van der Waals surface area contributed by atoms with Crippen molar-refractivity contribution in [2.45, 2.75) is 314 Å². The second-order valence-electron chi connectivity index (χ2n) is 25.9. The Morgan fingerprint density at radius 2 is 0.378 bits per heavy atom. The van der Waals surface area contributed by atoms with Gasteiger partial charge in [-0.15, -0.1) is 0 Å². The molecule has 0 bridgehead atoms. The Morgan fingerprint density at radius 1 is 0.200 bits per heavy atom. The molecule has 6 aromatic rings. The molecule has 0 aromatic heterocycles. The summed E-state index contributed by atoms with van der Waals surface area (Å²) in [4.78, 5) is 0. The minimum Gasteiger partial charge on any atom is -0.435 e. The molecule has 0 atom stereocenters. The van der Waals surface area contributed by atoms with Crippen LogP contribution in [0, 0.1) is 0 Å². The molecular weight excluding hydrogens is 1130 g/mol. The molecule has 6 rings (SSSR count). The number of hydrogen-bond donors (Lipinski definition) is 0. The van der Waals surface area contributed by atoms with Crippen molar-refractivity contribution < 1.29 is 18.1 Å². The predicted molar refractivity (Wildman–Crippen MR) is 397 cm³/mol. The van der Waals surface area contributed by atoms with Crippen molar-refractivity contribution in [3.8, 4) is 34.1 Å². The molecule has 0 spiro atoms. The zero-order valence-electron chi connectivity index (χ0n) is 59.2. The number of rotatable bonds is 47. The summed E-state index contributed by atoms with van der Waals surface area (Å²) in [5, 5.41) is 2.18. The normalized spacial score (nSPS) is 11.6. The zero-order chi connectivity index (χ0) is 64.3. The first-order chi connectivity index (χ1) is 44.2. The van der Waals surface area contributed by atoms with Crippen molar-refractivity contribution in [1.82, 2.24) is 0 Å². The van der Waals surface area contributed by atoms with Crippen molar-refractivity contribution in [2.75, 3.05) is 0 Å². The molecule has 90 heavy (non-hydrogen) atoms. The average molecular weight is 1260 g/mol. The summed E-state index contributed by atoms with van der Waals surface area (Å²) in [5.41, 5.74) is 20.1. The fourth-order valence-electron chi connectivity index (χ4n) is 13.0. The van der Waals surface area contributed by atoms with Gasteiger partial charge in [0.1, 0.15) is 23.0 Å². The van der Waals surface area contributed by atoms with E-state index in [-0.39, 0.29) is 0 Å². The number of unbranched alkanes of at least 4 members (excludes halogenated alkanes) is 12. The van der Waals surface area contributed by atoms with Gasteiger partial charge in [0.2, 0.25) is 0 Å². The third kappa shape index (κ3) is 22.3. The van der Waals surface area contributed by atoms with E-state index in [9.17, 15) is 0 Å². The Kier molecular flexibility index (Phi) is 35.2. The number of hydrogen-bond acceptors (Lipinski definition) is 4. The van der Waals surface area contributed by atoms with E-state index in [0.29, 0.717) is 0 Å². The van der Waals surface area contributed by atoms with Gasteiger partial charge in [0.25, 0.3) is 0 Å². The van der Waals surface area contributed by atoms with Crippen molar-refractivity contribution in [3.63, 3.8) is 0 Å². The minimum atomic E-state index is -1.57. The van der Waals surface area contributed by atoms with Gasteiger partial charge in [-0.3, -0.25) is 0 Å². The quantitative estimate of drug-likeness (QED) is 0.0357. The van der Waals surface area contributed by atoms with Gasteiger partial charge in [0, 0.05) is 0 Å². The van der Waals surface area contributed by atoms with Crippen molar-refractivity contribution >= 4 is 27.4 Å². The SMILES string of the molecule is CCCCc1ccc(OP(Oc2ccc(CCCC)c(CCCC)c2CCCC)c2ccc(-c3ccc(P(Oc4ccc(CCCC)c(CCCC)c4CCCC)Oc4ccc(CCCC)c(CCCC)c4CCCC)cc3)cc2)c(CCCC)c1CCCC. The lowest BCUT2D eigenvalue weighted by atomic mass is 9.90. The maximum atomic E-state index is 7.55. The monoisotopic (exact) mass is 1260 g/mol. The van der Waals surface area contributed by atoms with Crippen LogP contribution in [0.4, 0.5) is 0 Å². The van der Waals surface area contributed by atoms with Gasteiger partial charge in [0.05, 0.1) is 10.6 Å². The first-order valence-corrected chi connectivity index (χ1v) is 39.6. The highest BCUT2D eigenvalue weighted by molar-refractivity contribution is 7.57. The highest BCUT2D eigenvalue weighted by Crippen LogP contribution is 2.48. The third-order valence-electron chi connectivity index (χ3n) is 18.6. The lowest BCUT2D eigenvalue weighted by Crippen LogP contribution is -2.14. The molecule has 0 aliphatic heterocycles. The van der Waals surface area contributed by atoms with Crippen LogP contribution in [0.1, 0.15) is 304 Å². The van der Waals surface area contributed by atoms with Crippen LogP contribution in [0.3, 0.4) is 0 Å². The van der Waals surface area contributed by atoms with E-state index in [0.717, 1.165) is 173 Å². The molecule has 0 N–H and O–H groups in total. The van der Waals surface area contributed by atoms with Crippen LogP contribution in [-0.4, -0.2) is 0 Å². The molecule has 6 aromatic carbocycles. The van der Waals surface area contributed by atoms with Crippen LogP contribution >= 0.6 is 16.8 Å². The lowest BCUT2D eigenvalue weighted by Gasteiger charge is -2.26. The molecule has 0 amide bonds. The summed E-state index contributed by atoms with van der Waals surface area (Å²) in [6.07, 6.45) is 41.1. The summed E-state index contributed by atoms with van der Waals surface area (Å²) in [6, 6.07) is 37.2. The van der Waals surface area contributed by atoms with Gasteiger partial charge in [-0.2, -0.15) is 0 Å². The van der Waals surface area contributed by atoms with E-state index < -0.39 is 16.8 Å².